The van der Waals surface area contributed by atoms with Crippen LogP contribution < -0.4 is 0 Å². The average molecular weight is 246 g/mol. The van der Waals surface area contributed by atoms with Crippen molar-refractivity contribution in [3.8, 4) is 0 Å². The van der Waals surface area contributed by atoms with E-state index in [4.69, 9.17) is 9.63 Å². The van der Waals surface area contributed by atoms with E-state index in [-0.39, 0.29) is 11.9 Å². The fraction of sp³-hybridized carbons (Fsp3) is 1.00. The zero-order chi connectivity index (χ0) is 10.5. The molecule has 7 heteroatoms. The first kappa shape index (κ1) is 13.8. The second-order valence-corrected chi connectivity index (χ2v) is 8.32. The molecule has 0 aromatic heterocycles. The molecule has 0 aromatic carbocycles. The standard InChI is InChI=1S/C6H15O4PS2/c1-6(2,3)11(8,9)10-5-13-12-4-7/h7H,4-5H2,1-3H3,(H,8,9). The molecule has 0 bridgehead atoms. The third-order valence-corrected chi connectivity index (χ3v) is 5.20. The zero-order valence-corrected chi connectivity index (χ0v) is 10.4. The lowest BCUT2D eigenvalue weighted by molar-refractivity contribution is 0.282. The molecule has 1 atom stereocenters. The van der Waals surface area contributed by atoms with Gasteiger partial charge in [0, 0.05) is 0 Å². The van der Waals surface area contributed by atoms with Crippen molar-refractivity contribution < 1.29 is 19.1 Å². The predicted octanol–water partition coefficient (Wildman–Crippen LogP) is 2.28. The van der Waals surface area contributed by atoms with Gasteiger partial charge in [-0.05, 0) is 20.8 Å². The van der Waals surface area contributed by atoms with Gasteiger partial charge in [-0.15, -0.1) is 0 Å². The van der Waals surface area contributed by atoms with Crippen LogP contribution in [0.25, 0.3) is 0 Å². The summed E-state index contributed by atoms with van der Waals surface area (Å²) >= 11 is 0. The van der Waals surface area contributed by atoms with Crippen LogP contribution in [0.15, 0.2) is 0 Å². The third-order valence-electron chi connectivity index (χ3n) is 1.26. The van der Waals surface area contributed by atoms with Crippen molar-refractivity contribution in [1.29, 1.82) is 0 Å². The summed E-state index contributed by atoms with van der Waals surface area (Å²) in [5, 5.41) is 7.66. The minimum absolute atomic E-state index is 0.0285. The van der Waals surface area contributed by atoms with E-state index < -0.39 is 12.8 Å². The molecule has 1 unspecified atom stereocenters. The Bertz CT molecular complexity index is 192. The van der Waals surface area contributed by atoms with Crippen LogP contribution in [-0.2, 0) is 9.09 Å². The molecule has 0 aliphatic rings. The molecule has 0 saturated heterocycles. The molecule has 2 N–H and O–H groups in total. The highest BCUT2D eigenvalue weighted by Gasteiger charge is 2.35. The lowest BCUT2D eigenvalue weighted by atomic mass is 10.3. The van der Waals surface area contributed by atoms with Gasteiger partial charge in [0.1, 0.15) is 5.94 Å². The Morgan fingerprint density at radius 2 is 1.92 bits per heavy atom. The summed E-state index contributed by atoms with van der Waals surface area (Å²) < 4.78 is 16.3. The van der Waals surface area contributed by atoms with Gasteiger partial charge < -0.3 is 10.00 Å². The van der Waals surface area contributed by atoms with Crippen molar-refractivity contribution in [2.75, 3.05) is 11.9 Å². The summed E-state index contributed by atoms with van der Waals surface area (Å²) in [7, 11) is -1.15. The Morgan fingerprint density at radius 1 is 1.38 bits per heavy atom. The molecule has 0 spiro atoms. The van der Waals surface area contributed by atoms with Crippen LogP contribution in [0, 0.1) is 0 Å². The molecule has 0 aromatic rings. The van der Waals surface area contributed by atoms with Gasteiger partial charge in [0.15, 0.2) is 0 Å². The maximum absolute atomic E-state index is 11.4. The van der Waals surface area contributed by atoms with Gasteiger partial charge in [0.2, 0.25) is 0 Å². The SMILES string of the molecule is CC(C)(C)P(=O)(O)OCSSCO. The molecule has 13 heavy (non-hydrogen) atoms. The topological polar surface area (TPSA) is 66.8 Å². The minimum Gasteiger partial charge on any atom is -0.385 e. The van der Waals surface area contributed by atoms with Crippen molar-refractivity contribution in [3.63, 3.8) is 0 Å². The summed E-state index contributed by atoms with van der Waals surface area (Å²) in [5.74, 6) is 0.0789. The van der Waals surface area contributed by atoms with Crippen molar-refractivity contribution in [2.45, 2.75) is 25.9 Å². The van der Waals surface area contributed by atoms with Gasteiger partial charge in [-0.2, -0.15) is 0 Å². The monoisotopic (exact) mass is 246 g/mol. The Kier molecular flexibility index (Phi) is 5.98. The van der Waals surface area contributed by atoms with Crippen LogP contribution in [0.4, 0.5) is 0 Å². The molecule has 0 radical (unpaired) electrons. The molecule has 0 aliphatic heterocycles. The second kappa shape index (κ2) is 5.63. The molecule has 0 amide bonds. The molecule has 0 aliphatic carbocycles. The predicted molar refractivity (Wildman–Crippen MR) is 57.8 cm³/mol. The molecule has 4 nitrogen and oxygen atoms in total. The normalized spacial score (nSPS) is 17.0. The van der Waals surface area contributed by atoms with Crippen molar-refractivity contribution in [3.05, 3.63) is 0 Å². The number of aliphatic hydroxyl groups is 1. The van der Waals surface area contributed by atoms with Crippen LogP contribution >= 0.6 is 29.2 Å². The number of aliphatic hydroxyl groups excluding tert-OH is 1. The summed E-state index contributed by atoms with van der Waals surface area (Å²) in [4.78, 5) is 9.40. The van der Waals surface area contributed by atoms with E-state index in [2.05, 4.69) is 0 Å². The van der Waals surface area contributed by atoms with Crippen LogP contribution in [0.3, 0.4) is 0 Å². The van der Waals surface area contributed by atoms with Crippen molar-refractivity contribution in [1.82, 2.24) is 0 Å². The van der Waals surface area contributed by atoms with E-state index in [0.717, 1.165) is 0 Å². The molecular formula is C6H15O4PS2. The van der Waals surface area contributed by atoms with Crippen LogP contribution in [0.1, 0.15) is 20.8 Å². The van der Waals surface area contributed by atoms with Gasteiger partial charge >= 0.3 is 7.60 Å². The molecule has 0 heterocycles. The van der Waals surface area contributed by atoms with E-state index in [0.29, 0.717) is 0 Å². The summed E-state index contributed by atoms with van der Waals surface area (Å²) in [6.45, 7) is 4.95. The number of rotatable bonds is 5. The Morgan fingerprint density at radius 3 is 2.31 bits per heavy atom. The van der Waals surface area contributed by atoms with Gasteiger partial charge in [0.05, 0.1) is 11.1 Å². The fourth-order valence-electron chi connectivity index (χ4n) is 0.358. The average Bonchev–Trinajstić information content (AvgIpc) is 1.96. The molecule has 0 rings (SSSR count). The lowest BCUT2D eigenvalue weighted by Crippen LogP contribution is -2.16. The molecular weight excluding hydrogens is 231 g/mol. The number of hydrogen-bond acceptors (Lipinski definition) is 5. The van der Waals surface area contributed by atoms with Crippen LogP contribution in [-0.4, -0.2) is 27.0 Å². The van der Waals surface area contributed by atoms with Crippen LogP contribution in [0.2, 0.25) is 0 Å². The maximum atomic E-state index is 11.4. The van der Waals surface area contributed by atoms with E-state index in [1.54, 1.807) is 20.8 Å². The summed E-state index contributed by atoms with van der Waals surface area (Å²) in [6.07, 6.45) is 0. The summed E-state index contributed by atoms with van der Waals surface area (Å²) in [5.41, 5.74) is 0. The Labute approximate surface area is 86.4 Å². The zero-order valence-electron chi connectivity index (χ0n) is 7.89. The highest BCUT2D eigenvalue weighted by molar-refractivity contribution is 8.76. The quantitative estimate of drug-likeness (QED) is 0.336. The molecule has 0 fully saturated rings. The highest BCUT2D eigenvalue weighted by atomic mass is 33.1. The maximum Gasteiger partial charge on any atom is 0.334 e. The Hall–Kier alpha value is 0.810. The smallest absolute Gasteiger partial charge is 0.334 e. The molecule has 80 valence electrons. The number of hydrogen-bond donors (Lipinski definition) is 2. The first-order valence-corrected chi connectivity index (χ1v) is 7.70. The van der Waals surface area contributed by atoms with Crippen molar-refractivity contribution in [2.24, 2.45) is 0 Å². The van der Waals surface area contributed by atoms with E-state index in [9.17, 15) is 9.46 Å². The van der Waals surface area contributed by atoms with Gasteiger partial charge in [0.25, 0.3) is 0 Å². The van der Waals surface area contributed by atoms with Gasteiger partial charge in [-0.3, -0.25) is 9.09 Å². The van der Waals surface area contributed by atoms with Gasteiger partial charge in [-0.25, -0.2) is 0 Å². The third kappa shape index (κ3) is 5.30. The first-order chi connectivity index (χ1) is 5.81. The Balaban J connectivity index is 3.84. The first-order valence-electron chi connectivity index (χ1n) is 3.64. The van der Waals surface area contributed by atoms with Crippen molar-refractivity contribution >= 4 is 29.2 Å². The minimum atomic E-state index is -3.53. The van der Waals surface area contributed by atoms with Crippen LogP contribution in [0.5, 0.6) is 0 Å². The van der Waals surface area contributed by atoms with E-state index in [1.165, 1.54) is 21.6 Å². The fourth-order valence-corrected chi connectivity index (χ4v) is 2.45. The lowest BCUT2D eigenvalue weighted by Gasteiger charge is -2.24. The van der Waals surface area contributed by atoms with E-state index in [1.807, 2.05) is 0 Å². The second-order valence-electron chi connectivity index (χ2n) is 3.30. The molecule has 0 saturated carbocycles. The van der Waals surface area contributed by atoms with E-state index >= 15 is 0 Å². The summed E-state index contributed by atoms with van der Waals surface area (Å²) in [6, 6.07) is 0. The highest BCUT2D eigenvalue weighted by Crippen LogP contribution is 2.55. The largest absolute Gasteiger partial charge is 0.385 e. The van der Waals surface area contributed by atoms with Gasteiger partial charge in [-0.1, -0.05) is 21.6 Å².